The molecule has 0 saturated heterocycles. The molecule has 1 unspecified atom stereocenters. The van der Waals surface area contributed by atoms with Gasteiger partial charge in [0.1, 0.15) is 0 Å². The highest BCUT2D eigenvalue weighted by Gasteiger charge is 2.16. The maximum atomic E-state index is 12.3. The van der Waals surface area contributed by atoms with Crippen molar-refractivity contribution in [3.05, 3.63) is 59.1 Å². The molecule has 0 aliphatic carbocycles. The molecule has 3 rings (SSSR count). The Morgan fingerprint density at radius 1 is 1.14 bits per heavy atom. The molecule has 0 aliphatic rings. The van der Waals surface area contributed by atoms with Crippen molar-refractivity contribution in [2.45, 2.75) is 4.34 Å². The second-order valence-corrected chi connectivity index (χ2v) is 7.46. The number of nitrogens with zero attached hydrogens (tertiary/aromatic N) is 1. The van der Waals surface area contributed by atoms with Crippen LogP contribution in [0.5, 0.6) is 0 Å². The lowest BCUT2D eigenvalue weighted by Gasteiger charge is -1.99. The van der Waals surface area contributed by atoms with Gasteiger partial charge in [-0.3, -0.25) is 9.00 Å². The first-order chi connectivity index (χ1) is 10.1. The summed E-state index contributed by atoms with van der Waals surface area (Å²) in [5.74, 6) is -0.245. The Kier molecular flexibility index (Phi) is 4.14. The number of thiazole rings is 1. The third-order valence-electron chi connectivity index (χ3n) is 2.90. The number of hydrogen-bond donors (Lipinski definition) is 0. The monoisotopic (exact) mass is 335 g/mol. The molecule has 106 valence electrons. The van der Waals surface area contributed by atoms with E-state index in [-0.39, 0.29) is 11.5 Å². The molecule has 0 spiro atoms. The summed E-state index contributed by atoms with van der Waals surface area (Å²) in [5, 5.41) is 0.568. The van der Waals surface area contributed by atoms with Crippen molar-refractivity contribution in [2.75, 3.05) is 5.75 Å². The number of carbonyl (C=O) groups excluding carboxylic acids is 1. The number of aromatic nitrogens is 1. The zero-order valence-corrected chi connectivity index (χ0v) is 13.2. The van der Waals surface area contributed by atoms with Gasteiger partial charge in [0, 0.05) is 10.6 Å². The quantitative estimate of drug-likeness (QED) is 0.678. The number of para-hydroxylation sites is 1. The van der Waals surface area contributed by atoms with Gasteiger partial charge in [-0.2, -0.15) is 0 Å². The van der Waals surface area contributed by atoms with Crippen molar-refractivity contribution in [3.63, 3.8) is 0 Å². The average molecular weight is 336 g/mol. The number of carbonyl (C=O) groups is 1. The van der Waals surface area contributed by atoms with Crippen LogP contribution in [0.4, 0.5) is 0 Å². The molecule has 21 heavy (non-hydrogen) atoms. The van der Waals surface area contributed by atoms with Crippen LogP contribution in [0.1, 0.15) is 10.4 Å². The van der Waals surface area contributed by atoms with Gasteiger partial charge in [0.25, 0.3) is 0 Å². The van der Waals surface area contributed by atoms with Crippen LogP contribution in [0.15, 0.2) is 52.9 Å². The predicted octanol–water partition coefficient (Wildman–Crippen LogP) is 3.94. The molecule has 6 heteroatoms. The topological polar surface area (TPSA) is 47.0 Å². The Labute approximate surface area is 133 Å². The number of rotatable bonds is 4. The predicted molar refractivity (Wildman–Crippen MR) is 86.7 cm³/mol. The van der Waals surface area contributed by atoms with Gasteiger partial charge in [0.2, 0.25) is 0 Å². The van der Waals surface area contributed by atoms with E-state index in [1.807, 2.05) is 24.3 Å². The SMILES string of the molecule is O=C(CS(=O)c1nc2ccccc2s1)c1ccc(Cl)cc1. The molecule has 2 aromatic carbocycles. The van der Waals surface area contributed by atoms with Crippen molar-refractivity contribution < 1.29 is 9.00 Å². The molecule has 0 saturated carbocycles. The summed E-state index contributed by atoms with van der Waals surface area (Å²) in [6, 6.07) is 14.2. The number of ketones is 1. The number of Topliss-reactive ketones (excluding diaryl/α,β-unsaturated/α-hetero) is 1. The molecule has 0 fully saturated rings. The molecule has 0 N–H and O–H groups in total. The molecule has 0 aliphatic heterocycles. The highest BCUT2D eigenvalue weighted by Crippen LogP contribution is 2.24. The Balaban J connectivity index is 1.79. The summed E-state index contributed by atoms with van der Waals surface area (Å²) in [5.41, 5.74) is 1.32. The van der Waals surface area contributed by atoms with E-state index in [4.69, 9.17) is 11.6 Å². The third kappa shape index (κ3) is 3.20. The van der Waals surface area contributed by atoms with Crippen LogP contribution in [0.2, 0.25) is 5.02 Å². The summed E-state index contributed by atoms with van der Waals surface area (Å²) in [7, 11) is -1.43. The fourth-order valence-corrected chi connectivity index (χ4v) is 4.22. The summed E-state index contributed by atoms with van der Waals surface area (Å²) in [6.45, 7) is 0. The Hall–Kier alpha value is -1.56. The molecular formula is C15H10ClNO2S2. The molecule has 3 nitrogen and oxygen atoms in total. The van der Waals surface area contributed by atoms with Gasteiger partial charge in [-0.15, -0.1) is 11.3 Å². The number of hydrogen-bond acceptors (Lipinski definition) is 4. The number of benzene rings is 2. The van der Waals surface area contributed by atoms with E-state index in [1.54, 1.807) is 24.3 Å². The molecule has 1 heterocycles. The number of fused-ring (bicyclic) bond motifs is 1. The maximum absolute atomic E-state index is 12.3. The van der Waals surface area contributed by atoms with E-state index in [9.17, 15) is 9.00 Å². The number of halogens is 1. The summed E-state index contributed by atoms with van der Waals surface area (Å²) in [4.78, 5) is 16.4. The first-order valence-electron chi connectivity index (χ1n) is 6.16. The summed E-state index contributed by atoms with van der Waals surface area (Å²) >= 11 is 7.14. The lowest BCUT2D eigenvalue weighted by Crippen LogP contribution is -2.10. The van der Waals surface area contributed by atoms with Crippen molar-refractivity contribution in [1.29, 1.82) is 0 Å². The Morgan fingerprint density at radius 3 is 2.57 bits per heavy atom. The summed E-state index contributed by atoms with van der Waals surface area (Å²) < 4.78 is 13.7. The smallest absolute Gasteiger partial charge is 0.182 e. The first kappa shape index (κ1) is 14.4. The fraction of sp³-hybridized carbons (Fsp3) is 0.0667. The van der Waals surface area contributed by atoms with Crippen molar-refractivity contribution in [2.24, 2.45) is 0 Å². The highest BCUT2D eigenvalue weighted by atomic mass is 35.5. The van der Waals surface area contributed by atoms with E-state index in [1.165, 1.54) is 11.3 Å². The molecule has 0 amide bonds. The second-order valence-electron chi connectivity index (χ2n) is 4.37. The third-order valence-corrected chi connectivity index (χ3v) is 5.79. The van der Waals surface area contributed by atoms with Gasteiger partial charge in [-0.25, -0.2) is 4.98 Å². The average Bonchev–Trinajstić information content (AvgIpc) is 2.92. The molecular weight excluding hydrogens is 326 g/mol. The van der Waals surface area contributed by atoms with Gasteiger partial charge >= 0.3 is 0 Å². The van der Waals surface area contributed by atoms with Gasteiger partial charge in [0.15, 0.2) is 10.1 Å². The lowest BCUT2D eigenvalue weighted by molar-refractivity contribution is 0.102. The molecule has 1 atom stereocenters. The minimum atomic E-state index is -1.43. The van der Waals surface area contributed by atoms with Gasteiger partial charge in [-0.1, -0.05) is 23.7 Å². The van der Waals surface area contributed by atoms with Crippen molar-refractivity contribution in [1.82, 2.24) is 4.98 Å². The first-order valence-corrected chi connectivity index (χ1v) is 8.67. The Morgan fingerprint density at radius 2 is 1.86 bits per heavy atom. The van der Waals surface area contributed by atoms with Crippen LogP contribution in [0, 0.1) is 0 Å². The summed E-state index contributed by atoms with van der Waals surface area (Å²) in [6.07, 6.45) is 0. The van der Waals surface area contributed by atoms with E-state index in [2.05, 4.69) is 4.98 Å². The largest absolute Gasteiger partial charge is 0.293 e. The van der Waals surface area contributed by atoms with Crippen LogP contribution < -0.4 is 0 Å². The molecule has 3 aromatic rings. The van der Waals surface area contributed by atoms with Crippen molar-refractivity contribution in [3.8, 4) is 0 Å². The Bertz CT molecular complexity index is 794. The van der Waals surface area contributed by atoms with E-state index in [0.29, 0.717) is 14.9 Å². The lowest BCUT2D eigenvalue weighted by atomic mass is 10.1. The second kappa shape index (κ2) is 6.05. The van der Waals surface area contributed by atoms with Crippen molar-refractivity contribution >= 4 is 49.7 Å². The minimum absolute atomic E-state index is 0.0680. The molecule has 0 bridgehead atoms. The molecule has 0 radical (unpaired) electrons. The van der Waals surface area contributed by atoms with Crippen LogP contribution in [0.25, 0.3) is 10.2 Å². The highest BCUT2D eigenvalue weighted by molar-refractivity contribution is 7.88. The van der Waals surface area contributed by atoms with Crippen LogP contribution >= 0.6 is 22.9 Å². The van der Waals surface area contributed by atoms with Crippen LogP contribution in [-0.2, 0) is 10.8 Å². The van der Waals surface area contributed by atoms with E-state index >= 15 is 0 Å². The van der Waals surface area contributed by atoms with Gasteiger partial charge < -0.3 is 0 Å². The van der Waals surface area contributed by atoms with Gasteiger partial charge in [-0.05, 0) is 36.4 Å². The van der Waals surface area contributed by atoms with Crippen LogP contribution in [-0.4, -0.2) is 20.7 Å². The van der Waals surface area contributed by atoms with Crippen LogP contribution in [0.3, 0.4) is 0 Å². The zero-order valence-electron chi connectivity index (χ0n) is 10.8. The minimum Gasteiger partial charge on any atom is -0.293 e. The normalized spacial score (nSPS) is 12.4. The standard InChI is InChI=1S/C15H10ClNO2S2/c16-11-7-5-10(6-8-11)13(18)9-21(19)15-17-12-3-1-2-4-14(12)20-15/h1-8H,9H2. The zero-order chi connectivity index (χ0) is 14.8. The molecule has 1 aromatic heterocycles. The van der Waals surface area contributed by atoms with E-state index in [0.717, 1.165) is 10.2 Å². The maximum Gasteiger partial charge on any atom is 0.182 e. The van der Waals surface area contributed by atoms with E-state index < -0.39 is 10.8 Å². The van der Waals surface area contributed by atoms with Gasteiger partial charge in [0.05, 0.1) is 26.8 Å². The fourth-order valence-electron chi connectivity index (χ4n) is 1.85.